The fraction of sp³-hybridized carbons (Fsp3) is 0.381. The van der Waals surface area contributed by atoms with E-state index in [1.54, 1.807) is 12.1 Å². The molecule has 1 saturated heterocycles. The van der Waals surface area contributed by atoms with Crippen LogP contribution in [0, 0.1) is 12.8 Å². The predicted octanol–water partition coefficient (Wildman–Crippen LogP) is 3.12. The average Bonchev–Trinajstić information content (AvgIpc) is 2.59. The molecule has 132 valence electrons. The predicted molar refractivity (Wildman–Crippen MR) is 97.7 cm³/mol. The van der Waals surface area contributed by atoms with Crippen LogP contribution in [0.4, 0.5) is 0 Å². The van der Waals surface area contributed by atoms with Crippen LogP contribution in [0.3, 0.4) is 0 Å². The van der Waals surface area contributed by atoms with Crippen LogP contribution < -0.4 is 0 Å². The van der Waals surface area contributed by atoms with Gasteiger partial charge in [0.2, 0.25) is 0 Å². The molecule has 1 aliphatic rings. The number of rotatable bonds is 5. The van der Waals surface area contributed by atoms with E-state index in [4.69, 9.17) is 0 Å². The van der Waals surface area contributed by atoms with Crippen LogP contribution >= 0.6 is 0 Å². The molecule has 2 aromatic carbocycles. The highest BCUT2D eigenvalue weighted by Crippen LogP contribution is 2.24. The first-order chi connectivity index (χ1) is 12.0. The lowest BCUT2D eigenvalue weighted by Crippen LogP contribution is -2.44. The van der Waals surface area contributed by atoms with Gasteiger partial charge in [0, 0.05) is 13.1 Å². The third-order valence-corrected chi connectivity index (χ3v) is 5.07. The van der Waals surface area contributed by atoms with E-state index in [1.165, 1.54) is 11.1 Å². The lowest BCUT2D eigenvalue weighted by Gasteiger charge is -2.36. The summed E-state index contributed by atoms with van der Waals surface area (Å²) in [7, 11) is 0. The Morgan fingerprint density at radius 3 is 2.56 bits per heavy atom. The summed E-state index contributed by atoms with van der Waals surface area (Å²) in [6, 6.07) is 15.6. The third-order valence-electron chi connectivity index (χ3n) is 5.07. The van der Waals surface area contributed by atoms with Gasteiger partial charge in [-0.3, -0.25) is 4.90 Å². The van der Waals surface area contributed by atoms with Crippen molar-refractivity contribution in [3.8, 4) is 0 Å². The normalized spacial score (nSPS) is 21.2. The zero-order valence-corrected chi connectivity index (χ0v) is 14.6. The number of hydrogen-bond donors (Lipinski definition) is 2. The van der Waals surface area contributed by atoms with Crippen LogP contribution in [-0.2, 0) is 13.0 Å². The number of aromatic carboxylic acids is 1. The summed E-state index contributed by atoms with van der Waals surface area (Å²) in [5.41, 5.74) is 3.66. The van der Waals surface area contributed by atoms with Crippen molar-refractivity contribution in [2.75, 3.05) is 13.1 Å². The average molecular weight is 339 g/mol. The Bertz CT molecular complexity index is 726. The molecule has 3 rings (SSSR count). The maximum absolute atomic E-state index is 11.3. The van der Waals surface area contributed by atoms with E-state index in [0.29, 0.717) is 18.7 Å². The summed E-state index contributed by atoms with van der Waals surface area (Å²) in [4.78, 5) is 13.5. The van der Waals surface area contributed by atoms with Gasteiger partial charge in [0.25, 0.3) is 0 Å². The number of carboxylic acid groups (broad SMARTS) is 1. The Morgan fingerprint density at radius 1 is 1.16 bits per heavy atom. The quantitative estimate of drug-likeness (QED) is 0.879. The van der Waals surface area contributed by atoms with Crippen LogP contribution in [-0.4, -0.2) is 40.3 Å². The lowest BCUT2D eigenvalue weighted by atomic mass is 9.87. The van der Waals surface area contributed by atoms with Crippen molar-refractivity contribution >= 4 is 5.97 Å². The molecule has 0 amide bonds. The fourth-order valence-electron chi connectivity index (χ4n) is 3.56. The number of benzene rings is 2. The van der Waals surface area contributed by atoms with Crippen molar-refractivity contribution < 1.29 is 15.0 Å². The summed E-state index contributed by atoms with van der Waals surface area (Å²) in [6.45, 7) is 4.11. The molecule has 0 bridgehead atoms. The molecule has 1 heterocycles. The van der Waals surface area contributed by atoms with Crippen molar-refractivity contribution in [1.29, 1.82) is 0 Å². The van der Waals surface area contributed by atoms with Gasteiger partial charge in [0.05, 0.1) is 11.7 Å². The molecule has 2 atom stereocenters. The third kappa shape index (κ3) is 4.47. The zero-order chi connectivity index (χ0) is 17.8. The first kappa shape index (κ1) is 17.6. The van der Waals surface area contributed by atoms with Crippen LogP contribution in [0.25, 0.3) is 0 Å². The van der Waals surface area contributed by atoms with Gasteiger partial charge < -0.3 is 10.2 Å². The number of likely N-dealkylation sites (tertiary alicyclic amines) is 1. The molecule has 2 aromatic rings. The highest BCUT2D eigenvalue weighted by Gasteiger charge is 2.28. The molecule has 0 aliphatic carbocycles. The Labute approximate surface area is 148 Å². The summed E-state index contributed by atoms with van der Waals surface area (Å²) in [6.07, 6.45) is 1.43. The molecular formula is C21H25NO3. The van der Waals surface area contributed by atoms with Gasteiger partial charge in [0.1, 0.15) is 0 Å². The second-order valence-electron chi connectivity index (χ2n) is 7.00. The van der Waals surface area contributed by atoms with Gasteiger partial charge >= 0.3 is 5.97 Å². The van der Waals surface area contributed by atoms with E-state index in [1.807, 2.05) is 12.1 Å². The van der Waals surface area contributed by atoms with Crippen molar-refractivity contribution in [3.63, 3.8) is 0 Å². The summed E-state index contributed by atoms with van der Waals surface area (Å²) >= 11 is 0. The number of β-amino-alcohol motifs (C(OH)–C–C–N with tert-alkyl or cyclic N) is 1. The second kappa shape index (κ2) is 7.81. The number of nitrogens with zero attached hydrogens (tertiary/aromatic N) is 1. The van der Waals surface area contributed by atoms with Crippen molar-refractivity contribution in [2.45, 2.75) is 32.4 Å². The van der Waals surface area contributed by atoms with E-state index in [0.717, 1.165) is 24.9 Å². The highest BCUT2D eigenvalue weighted by atomic mass is 16.4. The molecule has 2 N–H and O–H groups in total. The zero-order valence-electron chi connectivity index (χ0n) is 14.6. The number of piperidine rings is 1. The summed E-state index contributed by atoms with van der Waals surface area (Å²) < 4.78 is 0. The number of hydrogen-bond acceptors (Lipinski definition) is 3. The minimum Gasteiger partial charge on any atom is -0.478 e. The maximum Gasteiger partial charge on any atom is 0.336 e. The second-order valence-corrected chi connectivity index (χ2v) is 7.00. The van der Waals surface area contributed by atoms with Gasteiger partial charge in [-0.1, -0.05) is 48.0 Å². The molecule has 0 saturated carbocycles. The lowest BCUT2D eigenvalue weighted by molar-refractivity contribution is 0.0186. The Balaban J connectivity index is 1.60. The van der Waals surface area contributed by atoms with Crippen LogP contribution in [0.5, 0.6) is 0 Å². The van der Waals surface area contributed by atoms with Gasteiger partial charge in [-0.15, -0.1) is 0 Å². The van der Waals surface area contributed by atoms with Crippen molar-refractivity contribution in [1.82, 2.24) is 4.90 Å². The first-order valence-corrected chi connectivity index (χ1v) is 8.80. The van der Waals surface area contributed by atoms with Gasteiger partial charge in [-0.2, -0.15) is 0 Å². The molecule has 0 unspecified atom stereocenters. The van der Waals surface area contributed by atoms with Crippen LogP contribution in [0.2, 0.25) is 0 Å². The van der Waals surface area contributed by atoms with Gasteiger partial charge in [-0.05, 0) is 49.4 Å². The molecule has 1 aliphatic heterocycles. The number of carbonyl (C=O) groups is 1. The maximum atomic E-state index is 11.3. The molecule has 0 aromatic heterocycles. The monoisotopic (exact) mass is 339 g/mol. The molecule has 25 heavy (non-hydrogen) atoms. The molecule has 1 fully saturated rings. The molecule has 4 nitrogen and oxygen atoms in total. The molecule has 4 heteroatoms. The SMILES string of the molecule is Cc1ccc(C[C@H]2CCN(Cc3ccccc3C(=O)O)C[C@@H]2O)cc1. The van der Waals surface area contributed by atoms with E-state index in [2.05, 4.69) is 36.1 Å². The molecular weight excluding hydrogens is 314 g/mol. The van der Waals surface area contributed by atoms with Crippen molar-refractivity contribution in [2.24, 2.45) is 5.92 Å². The summed E-state index contributed by atoms with van der Waals surface area (Å²) in [5, 5.41) is 19.9. The largest absolute Gasteiger partial charge is 0.478 e. The fourth-order valence-corrected chi connectivity index (χ4v) is 3.56. The Hall–Kier alpha value is -2.17. The van der Waals surface area contributed by atoms with E-state index in [-0.39, 0.29) is 12.0 Å². The number of aryl methyl sites for hydroxylation is 1. The van der Waals surface area contributed by atoms with Gasteiger partial charge in [-0.25, -0.2) is 4.79 Å². The smallest absolute Gasteiger partial charge is 0.336 e. The molecule has 0 spiro atoms. The summed E-state index contributed by atoms with van der Waals surface area (Å²) in [5.74, 6) is -0.640. The van der Waals surface area contributed by atoms with Crippen LogP contribution in [0.15, 0.2) is 48.5 Å². The van der Waals surface area contributed by atoms with E-state index >= 15 is 0 Å². The Kier molecular flexibility index (Phi) is 5.51. The highest BCUT2D eigenvalue weighted by molar-refractivity contribution is 5.89. The minimum atomic E-state index is -0.898. The number of aliphatic hydroxyl groups excluding tert-OH is 1. The van der Waals surface area contributed by atoms with Crippen molar-refractivity contribution in [3.05, 3.63) is 70.8 Å². The standard InChI is InChI=1S/C21H25NO3/c1-15-6-8-16(9-7-15)12-17-10-11-22(14-20(17)23)13-18-4-2-3-5-19(18)21(24)25/h2-9,17,20,23H,10-14H2,1H3,(H,24,25)/t17-,20+/m1/s1. The molecule has 0 radical (unpaired) electrons. The Morgan fingerprint density at radius 2 is 1.88 bits per heavy atom. The topological polar surface area (TPSA) is 60.8 Å². The number of carboxylic acids is 1. The van der Waals surface area contributed by atoms with Crippen LogP contribution in [0.1, 0.15) is 33.5 Å². The minimum absolute atomic E-state index is 0.258. The van der Waals surface area contributed by atoms with E-state index in [9.17, 15) is 15.0 Å². The first-order valence-electron chi connectivity index (χ1n) is 8.80. The van der Waals surface area contributed by atoms with Gasteiger partial charge in [0.15, 0.2) is 0 Å². The van der Waals surface area contributed by atoms with E-state index < -0.39 is 5.97 Å². The number of aliphatic hydroxyl groups is 1.